The van der Waals surface area contributed by atoms with Crippen molar-refractivity contribution in [2.45, 2.75) is 76.6 Å². The van der Waals surface area contributed by atoms with E-state index >= 15 is 0 Å². The summed E-state index contributed by atoms with van der Waals surface area (Å²) in [5, 5.41) is 4.56. The number of likely N-dealkylation sites (tertiary alicyclic amines) is 2. The number of nitrogens with one attached hydrogen (secondary N) is 3. The molecule has 2 aromatic carbocycles. The minimum absolute atomic E-state index is 0.170. The van der Waals surface area contributed by atoms with Gasteiger partial charge in [0.25, 0.3) is 5.91 Å². The van der Waals surface area contributed by atoms with Gasteiger partial charge in [-0.3, -0.25) is 9.59 Å². The van der Waals surface area contributed by atoms with Crippen molar-refractivity contribution in [3.05, 3.63) is 89.2 Å². The Morgan fingerprint density at radius 1 is 0.842 bits per heavy atom. The summed E-state index contributed by atoms with van der Waals surface area (Å²) in [6.45, 7) is 4.93. The first-order chi connectivity index (χ1) is 27.6. The van der Waals surface area contributed by atoms with Gasteiger partial charge in [-0.2, -0.15) is 0 Å². The zero-order valence-corrected chi connectivity index (χ0v) is 33.0. The van der Waals surface area contributed by atoms with E-state index in [-0.39, 0.29) is 36.2 Å². The molecule has 16 heteroatoms. The first kappa shape index (κ1) is 39.2. The Labute approximate surface area is 334 Å². The number of aromatic amines is 2. The van der Waals surface area contributed by atoms with E-state index in [0.29, 0.717) is 31.2 Å². The molecule has 5 heterocycles. The third kappa shape index (κ3) is 8.70. The van der Waals surface area contributed by atoms with Crippen LogP contribution < -0.4 is 11.1 Å². The molecular formula is C41H47N9O6S. The van der Waals surface area contributed by atoms with E-state index in [2.05, 4.69) is 54.5 Å². The second-order valence-corrected chi connectivity index (χ2v) is 15.2. The number of primary amides is 1. The number of H-pyrrole nitrogens is 2. The smallest absolute Gasteiger partial charge is 0.407 e. The molecule has 0 radical (unpaired) electrons. The quantitative estimate of drug-likeness (QED) is 0.104. The molecule has 0 bridgehead atoms. The molecule has 7 rings (SSSR count). The second kappa shape index (κ2) is 17.4. The fourth-order valence-corrected chi connectivity index (χ4v) is 8.25. The van der Waals surface area contributed by atoms with Crippen LogP contribution in [0, 0.1) is 5.92 Å². The summed E-state index contributed by atoms with van der Waals surface area (Å²) < 4.78 is 10.1. The molecule has 2 fully saturated rings. The molecule has 15 nitrogen and oxygen atoms in total. The Balaban J connectivity index is 1.00. The van der Waals surface area contributed by atoms with Crippen LogP contribution in [0.1, 0.15) is 75.4 Å². The Morgan fingerprint density at radius 3 is 1.84 bits per heavy atom. The first-order valence-corrected chi connectivity index (χ1v) is 20.2. The van der Waals surface area contributed by atoms with Crippen LogP contribution in [0.2, 0.25) is 0 Å². The van der Waals surface area contributed by atoms with E-state index in [1.165, 1.54) is 18.4 Å². The van der Waals surface area contributed by atoms with Gasteiger partial charge in [-0.15, -0.1) is 11.3 Å². The maximum Gasteiger partial charge on any atom is 0.407 e. The number of hydrogen-bond donors (Lipinski definition) is 4. The molecule has 5 atom stereocenters. The van der Waals surface area contributed by atoms with Crippen LogP contribution in [-0.2, 0) is 25.5 Å². The maximum atomic E-state index is 13.8. The number of methoxy groups -OCH3 is 1. The molecule has 2 aliphatic rings. The molecule has 3 aromatic heterocycles. The summed E-state index contributed by atoms with van der Waals surface area (Å²) in [7, 11) is 1.28. The Bertz CT molecular complexity index is 2170. The van der Waals surface area contributed by atoms with Gasteiger partial charge in [0.05, 0.1) is 54.2 Å². The lowest BCUT2D eigenvalue weighted by Gasteiger charge is -2.29. The standard InChI is InChI=1S/C41H47N9O6S/c1-4-24(2)35(56-40(42)53)39(52)50-18-6-8-34(50)37-44-21-32(47-37)28-15-11-26(12-16-28)25-9-13-27(14-10-25)31-20-43-36(46-31)33-7-5-17-49(33)38(51)30(48-41(54)55-3)19-29-22-57-23-45-29/h9-16,20-24,30,33-35H,4-8,17-19H2,1-3H3,(H2,42,53)(H,43,46)(H,44,47)(H,48,54)/t24?,30-,33?,34-,35-/m0/s1. The summed E-state index contributed by atoms with van der Waals surface area (Å²) in [4.78, 5) is 75.0. The number of imidazole rings is 2. The van der Waals surface area contributed by atoms with Gasteiger partial charge in [-0.1, -0.05) is 62.4 Å². The summed E-state index contributed by atoms with van der Waals surface area (Å²) in [5.74, 6) is 0.772. The lowest BCUT2D eigenvalue weighted by atomic mass is 10.00. The summed E-state index contributed by atoms with van der Waals surface area (Å²) in [6, 6.07) is 15.1. The van der Waals surface area contributed by atoms with Gasteiger partial charge >= 0.3 is 12.2 Å². The molecule has 4 amide bonds. The molecule has 0 spiro atoms. The molecule has 0 saturated carbocycles. The van der Waals surface area contributed by atoms with Gasteiger partial charge in [0, 0.05) is 30.8 Å². The molecule has 2 aliphatic heterocycles. The summed E-state index contributed by atoms with van der Waals surface area (Å²) in [6.07, 6.45) is 5.09. The van der Waals surface area contributed by atoms with Gasteiger partial charge in [0.2, 0.25) is 5.91 Å². The van der Waals surface area contributed by atoms with Gasteiger partial charge in [0.1, 0.15) is 17.7 Å². The van der Waals surface area contributed by atoms with Crippen LogP contribution in [0.3, 0.4) is 0 Å². The van der Waals surface area contributed by atoms with Gasteiger partial charge in [-0.05, 0) is 54.4 Å². The number of nitrogens with two attached hydrogens (primary N) is 1. The number of rotatable bonds is 13. The van der Waals surface area contributed by atoms with Crippen LogP contribution in [0.25, 0.3) is 33.6 Å². The number of nitrogens with zero attached hydrogens (tertiary/aromatic N) is 5. The van der Waals surface area contributed by atoms with Crippen LogP contribution in [-0.4, -0.2) is 91.1 Å². The first-order valence-electron chi connectivity index (χ1n) is 19.2. The van der Waals surface area contributed by atoms with Crippen LogP contribution in [0.15, 0.2) is 71.8 Å². The zero-order valence-electron chi connectivity index (χ0n) is 32.1. The zero-order chi connectivity index (χ0) is 40.1. The number of alkyl carbamates (subject to hydrolysis) is 1. The number of carbonyl (C=O) groups excluding carboxylic acids is 4. The summed E-state index contributed by atoms with van der Waals surface area (Å²) in [5.41, 5.74) is 13.4. The fraction of sp³-hybridized carbons (Fsp3) is 0.390. The van der Waals surface area contributed by atoms with Crippen molar-refractivity contribution in [3.8, 4) is 33.6 Å². The van der Waals surface area contributed by atoms with Crippen molar-refractivity contribution in [1.29, 1.82) is 0 Å². The number of benzene rings is 2. The number of thiazole rings is 1. The van der Waals surface area contributed by atoms with E-state index in [4.69, 9.17) is 15.2 Å². The number of carbonyl (C=O) groups is 4. The predicted molar refractivity (Wildman–Crippen MR) is 213 cm³/mol. The minimum Gasteiger partial charge on any atom is -0.453 e. The number of ether oxygens (including phenoxy) is 2. The molecule has 2 unspecified atom stereocenters. The molecule has 298 valence electrons. The Morgan fingerprint density at radius 2 is 1.37 bits per heavy atom. The summed E-state index contributed by atoms with van der Waals surface area (Å²) >= 11 is 1.44. The number of hydrogen-bond acceptors (Lipinski definition) is 10. The lowest BCUT2D eigenvalue weighted by Crippen LogP contribution is -2.49. The molecule has 2 saturated heterocycles. The molecule has 5 N–H and O–H groups in total. The van der Waals surface area contributed by atoms with E-state index in [1.807, 2.05) is 43.5 Å². The van der Waals surface area contributed by atoms with Gasteiger partial charge in [0.15, 0.2) is 6.10 Å². The largest absolute Gasteiger partial charge is 0.453 e. The highest BCUT2D eigenvalue weighted by Crippen LogP contribution is 2.35. The van der Waals surface area contributed by atoms with Crippen molar-refractivity contribution < 1.29 is 28.7 Å². The van der Waals surface area contributed by atoms with Crippen molar-refractivity contribution in [2.75, 3.05) is 20.2 Å². The highest BCUT2D eigenvalue weighted by atomic mass is 32.1. The monoisotopic (exact) mass is 793 g/mol. The highest BCUT2D eigenvalue weighted by molar-refractivity contribution is 7.07. The van der Waals surface area contributed by atoms with E-state index in [1.54, 1.807) is 27.7 Å². The minimum atomic E-state index is -0.954. The lowest BCUT2D eigenvalue weighted by molar-refractivity contribution is -0.144. The normalized spacial score (nSPS) is 18.2. The van der Waals surface area contributed by atoms with Gasteiger partial charge in [-0.25, -0.2) is 24.5 Å². The van der Waals surface area contributed by atoms with E-state index in [0.717, 1.165) is 65.0 Å². The van der Waals surface area contributed by atoms with Crippen molar-refractivity contribution in [1.82, 2.24) is 40.0 Å². The SMILES string of the molecule is CCC(C)[C@H](OC(N)=O)C(=O)N1CCC[C@H]1c1ncc(-c2ccc(-c3ccc(-c4cnc(C5CCCN5C(=O)[C@H](Cc5cscn5)NC(=O)OC)[nH]4)cc3)cc2)[nH]1. The number of aromatic nitrogens is 5. The van der Waals surface area contributed by atoms with Crippen molar-refractivity contribution >= 4 is 35.3 Å². The third-order valence-corrected chi connectivity index (χ3v) is 11.6. The second-order valence-electron chi connectivity index (χ2n) is 14.5. The topological polar surface area (TPSA) is 202 Å². The Hall–Kier alpha value is -6.03. The fourth-order valence-electron chi connectivity index (χ4n) is 7.68. The average Bonchev–Trinajstić information content (AvgIpc) is 4.08. The molecule has 5 aromatic rings. The Kier molecular flexibility index (Phi) is 12.0. The highest BCUT2D eigenvalue weighted by Gasteiger charge is 2.39. The van der Waals surface area contributed by atoms with Crippen LogP contribution in [0.4, 0.5) is 9.59 Å². The number of amides is 4. The average molecular weight is 794 g/mol. The maximum absolute atomic E-state index is 13.8. The van der Waals surface area contributed by atoms with Crippen LogP contribution >= 0.6 is 11.3 Å². The van der Waals surface area contributed by atoms with Crippen LogP contribution in [0.5, 0.6) is 0 Å². The molecule has 0 aliphatic carbocycles. The predicted octanol–water partition coefficient (Wildman–Crippen LogP) is 6.39. The van der Waals surface area contributed by atoms with Gasteiger partial charge < -0.3 is 40.3 Å². The van der Waals surface area contributed by atoms with E-state index < -0.39 is 24.3 Å². The van der Waals surface area contributed by atoms with E-state index in [9.17, 15) is 19.2 Å². The third-order valence-electron chi connectivity index (χ3n) is 10.9. The molecule has 57 heavy (non-hydrogen) atoms. The van der Waals surface area contributed by atoms with Crippen molar-refractivity contribution in [3.63, 3.8) is 0 Å². The molecular weight excluding hydrogens is 747 g/mol. The van der Waals surface area contributed by atoms with Crippen molar-refractivity contribution in [2.24, 2.45) is 11.7 Å².